The molecule has 2 amide bonds. The number of likely N-dealkylation sites (N-methyl/N-ethyl adjacent to an activating group) is 1. The van der Waals surface area contributed by atoms with E-state index in [1.165, 1.54) is 19.2 Å². The molecule has 0 aliphatic rings. The van der Waals surface area contributed by atoms with Gasteiger partial charge in [-0.1, -0.05) is 44.2 Å². The van der Waals surface area contributed by atoms with Gasteiger partial charge in [0.05, 0.1) is 11.4 Å². The van der Waals surface area contributed by atoms with E-state index in [0.717, 1.165) is 16.3 Å². The van der Waals surface area contributed by atoms with Crippen molar-refractivity contribution in [3.05, 3.63) is 60.2 Å². The quantitative estimate of drug-likeness (QED) is 0.656. The smallest absolute Gasteiger partial charge is 0.243 e. The zero-order valence-corrected chi connectivity index (χ0v) is 17.7. The van der Waals surface area contributed by atoms with E-state index in [-0.39, 0.29) is 29.8 Å². The van der Waals surface area contributed by atoms with E-state index in [1.807, 2.05) is 19.9 Å². The average Bonchev–Trinajstić information content (AvgIpc) is 2.72. The fraction of sp³-hybridized carbons (Fsp3) is 0.333. The SMILES string of the molecule is CCC(C)C(=O)Nc1cccc(CNC(=O)CN(C)S(=O)(=O)c2ccccc2)c1. The first kappa shape index (κ1) is 22.6. The highest BCUT2D eigenvalue weighted by molar-refractivity contribution is 7.89. The number of hydrogen-bond acceptors (Lipinski definition) is 4. The first-order chi connectivity index (χ1) is 13.7. The van der Waals surface area contributed by atoms with Crippen LogP contribution in [0.5, 0.6) is 0 Å². The Labute approximate surface area is 172 Å². The van der Waals surface area contributed by atoms with Crippen LogP contribution in [0.15, 0.2) is 59.5 Å². The van der Waals surface area contributed by atoms with Gasteiger partial charge in [-0.05, 0) is 36.2 Å². The maximum Gasteiger partial charge on any atom is 0.243 e. The highest BCUT2D eigenvalue weighted by Gasteiger charge is 2.22. The number of sulfonamides is 1. The van der Waals surface area contributed by atoms with E-state index < -0.39 is 15.9 Å². The molecule has 1 unspecified atom stereocenters. The average molecular weight is 418 g/mol. The van der Waals surface area contributed by atoms with Crippen LogP contribution in [-0.4, -0.2) is 38.1 Å². The van der Waals surface area contributed by atoms with Crippen LogP contribution in [-0.2, 0) is 26.2 Å². The van der Waals surface area contributed by atoms with Gasteiger partial charge in [-0.25, -0.2) is 8.42 Å². The number of nitrogens with one attached hydrogen (secondary N) is 2. The second kappa shape index (κ2) is 10.2. The van der Waals surface area contributed by atoms with Crippen molar-refractivity contribution >= 4 is 27.5 Å². The Morgan fingerprint density at radius 2 is 1.76 bits per heavy atom. The molecule has 29 heavy (non-hydrogen) atoms. The number of rotatable bonds is 9. The minimum absolute atomic E-state index is 0.0542. The van der Waals surface area contributed by atoms with Gasteiger partial charge >= 0.3 is 0 Å². The number of carbonyl (C=O) groups excluding carboxylic acids is 2. The van der Waals surface area contributed by atoms with E-state index in [1.54, 1.807) is 36.4 Å². The molecule has 0 aliphatic carbocycles. The molecule has 0 bridgehead atoms. The Balaban J connectivity index is 1.92. The lowest BCUT2D eigenvalue weighted by atomic mass is 10.1. The summed E-state index contributed by atoms with van der Waals surface area (Å²) in [6.07, 6.45) is 0.751. The maximum atomic E-state index is 12.5. The molecule has 0 saturated carbocycles. The summed E-state index contributed by atoms with van der Waals surface area (Å²) in [6.45, 7) is 3.75. The highest BCUT2D eigenvalue weighted by atomic mass is 32.2. The van der Waals surface area contributed by atoms with Crippen LogP contribution in [0.1, 0.15) is 25.8 Å². The maximum absolute atomic E-state index is 12.5. The zero-order valence-electron chi connectivity index (χ0n) is 16.9. The van der Waals surface area contributed by atoms with Crippen LogP contribution in [0.4, 0.5) is 5.69 Å². The van der Waals surface area contributed by atoms with Crippen molar-refractivity contribution in [3.63, 3.8) is 0 Å². The largest absolute Gasteiger partial charge is 0.351 e. The van der Waals surface area contributed by atoms with Gasteiger partial charge in [0, 0.05) is 25.2 Å². The molecule has 0 spiro atoms. The van der Waals surface area contributed by atoms with Crippen molar-refractivity contribution in [2.24, 2.45) is 5.92 Å². The summed E-state index contributed by atoms with van der Waals surface area (Å²) in [6, 6.07) is 15.2. The summed E-state index contributed by atoms with van der Waals surface area (Å²) >= 11 is 0. The molecular weight excluding hydrogens is 390 g/mol. The van der Waals surface area contributed by atoms with Gasteiger partial charge < -0.3 is 10.6 Å². The third-order valence-electron chi connectivity index (χ3n) is 4.56. The van der Waals surface area contributed by atoms with E-state index in [4.69, 9.17) is 0 Å². The van der Waals surface area contributed by atoms with E-state index in [9.17, 15) is 18.0 Å². The van der Waals surface area contributed by atoms with Crippen LogP contribution in [0.3, 0.4) is 0 Å². The summed E-state index contributed by atoms with van der Waals surface area (Å²) in [4.78, 5) is 24.4. The molecule has 2 rings (SSSR count). The molecule has 0 heterocycles. The predicted molar refractivity (Wildman–Crippen MR) is 113 cm³/mol. The van der Waals surface area contributed by atoms with Gasteiger partial charge in [0.25, 0.3) is 0 Å². The van der Waals surface area contributed by atoms with Crippen molar-refractivity contribution in [1.29, 1.82) is 0 Å². The number of amides is 2. The molecule has 8 heteroatoms. The Kier molecular flexibility index (Phi) is 7.92. The van der Waals surface area contributed by atoms with Crippen molar-refractivity contribution in [2.75, 3.05) is 18.9 Å². The second-order valence-electron chi connectivity index (χ2n) is 6.85. The van der Waals surface area contributed by atoms with Gasteiger partial charge in [-0.2, -0.15) is 4.31 Å². The molecule has 7 nitrogen and oxygen atoms in total. The Morgan fingerprint density at radius 3 is 2.41 bits per heavy atom. The topological polar surface area (TPSA) is 95.6 Å². The standard InChI is InChI=1S/C21H27N3O4S/c1-4-16(2)21(26)23-18-10-8-9-17(13-18)14-22-20(25)15-24(3)29(27,28)19-11-6-5-7-12-19/h5-13,16H,4,14-15H2,1-3H3,(H,22,25)(H,23,26). The normalized spacial score (nSPS) is 12.4. The Hall–Kier alpha value is -2.71. The van der Waals surface area contributed by atoms with E-state index >= 15 is 0 Å². The zero-order chi connectivity index (χ0) is 21.4. The molecule has 0 radical (unpaired) electrons. The van der Waals surface area contributed by atoms with Crippen LogP contribution in [0, 0.1) is 5.92 Å². The van der Waals surface area contributed by atoms with Crippen LogP contribution in [0.25, 0.3) is 0 Å². The fourth-order valence-corrected chi connectivity index (χ4v) is 3.67. The molecule has 0 aromatic heterocycles. The molecule has 1 atom stereocenters. The van der Waals surface area contributed by atoms with Gasteiger partial charge in [-0.3, -0.25) is 9.59 Å². The van der Waals surface area contributed by atoms with Gasteiger partial charge in [0.1, 0.15) is 0 Å². The molecule has 0 aliphatic heterocycles. The second-order valence-corrected chi connectivity index (χ2v) is 8.89. The monoisotopic (exact) mass is 417 g/mol. The summed E-state index contributed by atoms with van der Waals surface area (Å²) < 4.78 is 26.0. The van der Waals surface area contributed by atoms with Crippen LogP contribution >= 0.6 is 0 Å². The lowest BCUT2D eigenvalue weighted by Gasteiger charge is -2.17. The first-order valence-electron chi connectivity index (χ1n) is 9.42. The Bertz CT molecular complexity index is 945. The van der Waals surface area contributed by atoms with E-state index in [2.05, 4.69) is 10.6 Å². The number of hydrogen-bond donors (Lipinski definition) is 2. The van der Waals surface area contributed by atoms with Crippen LogP contribution < -0.4 is 10.6 Å². The molecule has 2 aromatic carbocycles. The number of benzene rings is 2. The predicted octanol–water partition coefficient (Wildman–Crippen LogP) is 2.61. The summed E-state index contributed by atoms with van der Waals surface area (Å²) in [7, 11) is -2.35. The Morgan fingerprint density at radius 1 is 1.07 bits per heavy atom. The summed E-state index contributed by atoms with van der Waals surface area (Å²) in [5.41, 5.74) is 1.46. The number of carbonyl (C=O) groups is 2. The van der Waals surface area contributed by atoms with E-state index in [0.29, 0.717) is 5.69 Å². The molecule has 2 aromatic rings. The third kappa shape index (κ3) is 6.40. The van der Waals surface area contributed by atoms with Crippen molar-refractivity contribution in [3.8, 4) is 0 Å². The molecular formula is C21H27N3O4S. The van der Waals surface area contributed by atoms with Crippen molar-refractivity contribution in [1.82, 2.24) is 9.62 Å². The minimum Gasteiger partial charge on any atom is -0.351 e. The highest BCUT2D eigenvalue weighted by Crippen LogP contribution is 2.14. The lowest BCUT2D eigenvalue weighted by Crippen LogP contribution is -2.38. The number of anilines is 1. The van der Waals surface area contributed by atoms with Gasteiger partial charge in [-0.15, -0.1) is 0 Å². The third-order valence-corrected chi connectivity index (χ3v) is 6.38. The molecule has 0 saturated heterocycles. The lowest BCUT2D eigenvalue weighted by molar-refractivity contribution is -0.121. The molecule has 0 fully saturated rings. The first-order valence-corrected chi connectivity index (χ1v) is 10.9. The summed E-state index contributed by atoms with van der Waals surface area (Å²) in [5, 5.41) is 5.56. The fourth-order valence-electron chi connectivity index (χ4n) is 2.53. The number of nitrogens with zero attached hydrogens (tertiary/aromatic N) is 1. The van der Waals surface area contributed by atoms with Crippen molar-refractivity contribution in [2.45, 2.75) is 31.7 Å². The molecule has 156 valence electrons. The van der Waals surface area contributed by atoms with Gasteiger partial charge in [0.15, 0.2) is 0 Å². The van der Waals surface area contributed by atoms with Crippen molar-refractivity contribution < 1.29 is 18.0 Å². The molecule has 2 N–H and O–H groups in total. The minimum atomic E-state index is -3.72. The van der Waals surface area contributed by atoms with Crippen LogP contribution in [0.2, 0.25) is 0 Å². The van der Waals surface area contributed by atoms with Gasteiger partial charge in [0.2, 0.25) is 21.8 Å². The summed E-state index contributed by atoms with van der Waals surface area (Å²) in [5.74, 6) is -0.553.